The molecule has 0 saturated heterocycles. The first kappa shape index (κ1) is 16.0. The number of hydrogen-bond donors (Lipinski definition) is 1. The van der Waals surface area contributed by atoms with Gasteiger partial charge in [0.1, 0.15) is 0 Å². The van der Waals surface area contributed by atoms with Gasteiger partial charge in [0.15, 0.2) is 0 Å². The van der Waals surface area contributed by atoms with Gasteiger partial charge in [0, 0.05) is 27.2 Å². The Balaban J connectivity index is 0. The van der Waals surface area contributed by atoms with Crippen LogP contribution in [-0.2, 0) is 9.47 Å². The monoisotopic (exact) mass is 223 g/mol. The second-order valence-electron chi connectivity index (χ2n) is 2.43. The van der Waals surface area contributed by atoms with Crippen LogP contribution in [0.4, 0.5) is 0 Å². The summed E-state index contributed by atoms with van der Waals surface area (Å²) < 4.78 is 9.86. The van der Waals surface area contributed by atoms with Crippen LogP contribution in [-0.4, -0.2) is 39.2 Å². The van der Waals surface area contributed by atoms with Crippen molar-refractivity contribution in [2.24, 2.45) is 15.7 Å². The van der Waals surface area contributed by atoms with E-state index < -0.39 is 5.91 Å². The lowest BCUT2D eigenvalue weighted by Gasteiger charge is -2.24. The van der Waals surface area contributed by atoms with E-state index in [9.17, 15) is 0 Å². The van der Waals surface area contributed by atoms with Gasteiger partial charge in [-0.2, -0.15) is 0 Å². The van der Waals surface area contributed by atoms with Gasteiger partial charge in [0.25, 0.3) is 0 Å². The fraction of sp³-hybridized carbons (Fsp3) is 0.875. The zero-order valence-electron chi connectivity index (χ0n) is 8.82. The number of hydrogen-bond acceptors (Lipinski definition) is 5. The number of methoxy groups -OCH3 is 2. The highest BCUT2D eigenvalue weighted by molar-refractivity contribution is 5.85. The number of aliphatic imine (C=N–C) groups is 2. The molecule has 0 radical (unpaired) electrons. The van der Waals surface area contributed by atoms with Crippen molar-refractivity contribution >= 4 is 18.4 Å². The second kappa shape index (κ2) is 9.12. The highest BCUT2D eigenvalue weighted by atomic mass is 35.5. The predicted octanol–water partition coefficient (Wildman–Crippen LogP) is 0.897. The SMILES string of the molecule is CCN=C=NCCC(N)(OC)OC.Cl. The summed E-state index contributed by atoms with van der Waals surface area (Å²) in [5.74, 6) is -1.04. The minimum atomic E-state index is -1.04. The molecule has 0 unspecified atom stereocenters. The lowest BCUT2D eigenvalue weighted by atomic mass is 10.3. The molecule has 0 aromatic carbocycles. The minimum Gasteiger partial charge on any atom is -0.341 e. The maximum atomic E-state index is 5.65. The molecule has 0 rings (SSSR count). The van der Waals surface area contributed by atoms with Crippen molar-refractivity contribution in [3.63, 3.8) is 0 Å². The van der Waals surface area contributed by atoms with Crippen LogP contribution >= 0.6 is 12.4 Å². The lowest BCUT2D eigenvalue weighted by Crippen LogP contribution is -2.44. The predicted molar refractivity (Wildman–Crippen MR) is 58.1 cm³/mol. The van der Waals surface area contributed by atoms with Crippen molar-refractivity contribution in [3.8, 4) is 0 Å². The molecule has 0 atom stereocenters. The summed E-state index contributed by atoms with van der Waals surface area (Å²) in [6, 6.07) is 2.54. The number of nitrogens with zero attached hydrogens (tertiary/aromatic N) is 2. The number of nitrogens with two attached hydrogens (primary N) is 1. The molecule has 0 saturated carbocycles. The molecule has 6 heteroatoms. The Labute approximate surface area is 90.8 Å². The van der Waals surface area contributed by atoms with Crippen LogP contribution in [0.3, 0.4) is 0 Å². The van der Waals surface area contributed by atoms with Crippen molar-refractivity contribution in [2.45, 2.75) is 19.3 Å². The normalized spacial score (nSPS) is 10.0. The van der Waals surface area contributed by atoms with E-state index >= 15 is 0 Å². The maximum absolute atomic E-state index is 5.65. The molecule has 0 amide bonds. The van der Waals surface area contributed by atoms with Gasteiger partial charge in [-0.05, 0) is 6.92 Å². The molecule has 0 aliphatic heterocycles. The summed E-state index contributed by atoms with van der Waals surface area (Å²) in [6.07, 6.45) is 0.478. The first-order valence-electron chi connectivity index (χ1n) is 4.15. The molecule has 0 spiro atoms. The third kappa shape index (κ3) is 7.00. The Hall–Kier alpha value is -0.450. The summed E-state index contributed by atoms with van der Waals surface area (Å²) in [6.45, 7) is 3.09. The topological polar surface area (TPSA) is 69.2 Å². The van der Waals surface area contributed by atoms with Crippen LogP contribution in [0.5, 0.6) is 0 Å². The zero-order valence-corrected chi connectivity index (χ0v) is 9.63. The molecule has 0 aliphatic rings. The van der Waals surface area contributed by atoms with Crippen molar-refractivity contribution in [3.05, 3.63) is 0 Å². The fourth-order valence-electron chi connectivity index (χ4n) is 0.670. The van der Waals surface area contributed by atoms with Gasteiger partial charge in [-0.3, -0.25) is 5.73 Å². The first-order chi connectivity index (χ1) is 6.18. The van der Waals surface area contributed by atoms with Crippen LogP contribution in [0.1, 0.15) is 13.3 Å². The van der Waals surface area contributed by atoms with Gasteiger partial charge in [0.05, 0.1) is 12.6 Å². The number of rotatable bonds is 6. The van der Waals surface area contributed by atoms with Crippen molar-refractivity contribution in [1.82, 2.24) is 0 Å². The first-order valence-corrected chi connectivity index (χ1v) is 4.15. The molecule has 84 valence electrons. The lowest BCUT2D eigenvalue weighted by molar-refractivity contribution is -0.204. The van der Waals surface area contributed by atoms with Crippen molar-refractivity contribution in [2.75, 3.05) is 27.3 Å². The quantitative estimate of drug-likeness (QED) is 0.537. The maximum Gasteiger partial charge on any atom is 0.226 e. The Morgan fingerprint density at radius 1 is 1.29 bits per heavy atom. The van der Waals surface area contributed by atoms with Crippen LogP contribution in [0.25, 0.3) is 0 Å². The van der Waals surface area contributed by atoms with E-state index in [4.69, 9.17) is 15.2 Å². The van der Waals surface area contributed by atoms with Gasteiger partial charge in [-0.1, -0.05) is 0 Å². The van der Waals surface area contributed by atoms with Crippen LogP contribution in [0.15, 0.2) is 9.98 Å². The molecular formula is C8H18ClN3O2. The fourth-order valence-corrected chi connectivity index (χ4v) is 0.670. The summed E-state index contributed by atoms with van der Waals surface area (Å²) in [5, 5.41) is 0. The molecule has 5 nitrogen and oxygen atoms in total. The van der Waals surface area contributed by atoms with Gasteiger partial charge in [0.2, 0.25) is 5.91 Å². The summed E-state index contributed by atoms with van der Waals surface area (Å²) in [5.41, 5.74) is 5.65. The highest BCUT2D eigenvalue weighted by Crippen LogP contribution is 2.07. The summed E-state index contributed by atoms with van der Waals surface area (Å²) in [4.78, 5) is 7.69. The van der Waals surface area contributed by atoms with Gasteiger partial charge >= 0.3 is 0 Å². The van der Waals surface area contributed by atoms with Gasteiger partial charge in [-0.15, -0.1) is 12.4 Å². The van der Waals surface area contributed by atoms with Crippen LogP contribution in [0.2, 0.25) is 0 Å². The third-order valence-corrected chi connectivity index (χ3v) is 1.56. The Kier molecular flexibility index (Phi) is 10.4. The molecule has 0 aromatic rings. The van der Waals surface area contributed by atoms with Crippen molar-refractivity contribution in [1.29, 1.82) is 0 Å². The molecule has 0 fully saturated rings. The Morgan fingerprint density at radius 2 is 1.86 bits per heavy atom. The molecule has 2 N–H and O–H groups in total. The molecule has 0 bridgehead atoms. The molecule has 0 aliphatic carbocycles. The minimum absolute atomic E-state index is 0. The van der Waals surface area contributed by atoms with E-state index in [1.165, 1.54) is 14.2 Å². The highest BCUT2D eigenvalue weighted by Gasteiger charge is 2.22. The zero-order chi connectivity index (χ0) is 10.2. The van der Waals surface area contributed by atoms with E-state index in [1.54, 1.807) is 0 Å². The van der Waals surface area contributed by atoms with E-state index in [2.05, 4.69) is 16.0 Å². The second-order valence-corrected chi connectivity index (χ2v) is 2.43. The van der Waals surface area contributed by atoms with E-state index in [0.29, 0.717) is 19.5 Å². The molecular weight excluding hydrogens is 206 g/mol. The third-order valence-electron chi connectivity index (χ3n) is 1.56. The van der Waals surface area contributed by atoms with Crippen LogP contribution in [0, 0.1) is 0 Å². The Morgan fingerprint density at radius 3 is 2.29 bits per heavy atom. The van der Waals surface area contributed by atoms with E-state index in [-0.39, 0.29) is 12.4 Å². The number of halogens is 1. The molecule has 0 aromatic heterocycles. The average molecular weight is 224 g/mol. The molecule has 0 heterocycles. The standard InChI is InChI=1S/C8H17N3O2.ClH/c1-4-10-7-11-6-5-8(9,12-2)13-3;/h4-6,9H2,1-3H3;1H. The van der Waals surface area contributed by atoms with Gasteiger partial charge < -0.3 is 9.47 Å². The van der Waals surface area contributed by atoms with Crippen molar-refractivity contribution < 1.29 is 9.47 Å². The Bertz CT molecular complexity index is 189. The van der Waals surface area contributed by atoms with E-state index in [1.807, 2.05) is 6.92 Å². The summed E-state index contributed by atoms with van der Waals surface area (Å²) in [7, 11) is 2.99. The largest absolute Gasteiger partial charge is 0.341 e. The summed E-state index contributed by atoms with van der Waals surface area (Å²) >= 11 is 0. The van der Waals surface area contributed by atoms with Gasteiger partial charge in [-0.25, -0.2) is 9.98 Å². The molecule has 14 heavy (non-hydrogen) atoms. The number of ether oxygens (including phenoxy) is 2. The van der Waals surface area contributed by atoms with Crippen LogP contribution < -0.4 is 5.73 Å². The average Bonchev–Trinajstić information content (AvgIpc) is 2.17. The van der Waals surface area contributed by atoms with E-state index in [0.717, 1.165) is 0 Å². The smallest absolute Gasteiger partial charge is 0.226 e.